The first-order chi connectivity index (χ1) is 15.3. The minimum atomic E-state index is 0.319. The number of alkyl halides is 1. The van der Waals surface area contributed by atoms with Crippen molar-refractivity contribution in [1.29, 1.82) is 0 Å². The van der Waals surface area contributed by atoms with E-state index < -0.39 is 0 Å². The van der Waals surface area contributed by atoms with E-state index in [1.54, 1.807) is 0 Å². The number of ether oxygens (including phenoxy) is 3. The van der Waals surface area contributed by atoms with Gasteiger partial charge in [0, 0.05) is 13.2 Å². The molecule has 2 heterocycles. The maximum absolute atomic E-state index is 8.47. The first kappa shape index (κ1) is 30.6. The minimum absolute atomic E-state index is 0.319. The topological polar surface area (TPSA) is 54.5 Å². The van der Waals surface area contributed by atoms with Crippen LogP contribution in [-0.4, -0.2) is 56.2 Å². The zero-order valence-corrected chi connectivity index (χ0v) is 21.0. The number of hydrogen-bond acceptors (Lipinski definition) is 4. The van der Waals surface area contributed by atoms with Crippen molar-refractivity contribution in [2.75, 3.05) is 38.9 Å². The van der Waals surface area contributed by atoms with Crippen LogP contribution in [0.4, 0.5) is 0 Å². The van der Waals surface area contributed by atoms with Crippen LogP contribution >= 0.6 is 11.6 Å². The van der Waals surface area contributed by atoms with Crippen LogP contribution in [0, 0.1) is 0 Å². The number of unbranched alkanes of at least 4 members (excludes halogenated alkanes) is 8. The summed E-state index contributed by atoms with van der Waals surface area (Å²) in [6.07, 6.45) is 24.4. The largest absolute Gasteiger partial charge is 0.396 e. The van der Waals surface area contributed by atoms with Crippen LogP contribution in [0.3, 0.4) is 0 Å². The Labute approximate surface area is 197 Å². The van der Waals surface area contributed by atoms with Crippen molar-refractivity contribution in [2.45, 2.75) is 103 Å². The maximum Gasteiger partial charge on any atom is 0.104 e. The second-order valence-electron chi connectivity index (χ2n) is 8.08. The summed E-state index contributed by atoms with van der Waals surface area (Å²) in [7, 11) is 0. The Morgan fingerprint density at radius 2 is 1.26 bits per heavy atom. The molecule has 0 saturated carbocycles. The van der Waals surface area contributed by atoms with Crippen LogP contribution in [0.1, 0.15) is 90.9 Å². The number of hydrogen-bond donors (Lipinski definition) is 1. The first-order valence-electron chi connectivity index (χ1n) is 12.6. The van der Waals surface area contributed by atoms with Gasteiger partial charge in [-0.1, -0.05) is 63.8 Å². The third kappa shape index (κ3) is 29.6. The normalized spacial score (nSPS) is 19.1. The fraction of sp³-hybridized carbons (Fsp3) is 0.846. The first-order valence-corrected chi connectivity index (χ1v) is 13.1. The van der Waals surface area contributed by atoms with Gasteiger partial charge in [0.25, 0.3) is 0 Å². The van der Waals surface area contributed by atoms with Crippen molar-refractivity contribution in [3.8, 4) is 0 Å². The second-order valence-corrected chi connectivity index (χ2v) is 8.39. The average molecular weight is 461 g/mol. The summed E-state index contributed by atoms with van der Waals surface area (Å²) in [4.78, 5) is 0. The number of aliphatic hydroxyl groups excluding tert-OH is 1. The Morgan fingerprint density at radius 3 is 1.65 bits per heavy atom. The maximum atomic E-state index is 8.47. The molecule has 2 saturated heterocycles. The number of allylic oxidation sites excluding steroid dienone is 4. The Kier molecular flexibility index (Phi) is 25.5. The minimum Gasteiger partial charge on any atom is -0.396 e. The van der Waals surface area contributed by atoms with Gasteiger partial charge in [0.05, 0.1) is 31.8 Å². The van der Waals surface area contributed by atoms with Gasteiger partial charge in [0.2, 0.25) is 0 Å². The van der Waals surface area contributed by atoms with Gasteiger partial charge in [0.1, 0.15) is 6.10 Å². The van der Waals surface area contributed by atoms with Gasteiger partial charge in [-0.3, -0.25) is 0 Å². The van der Waals surface area contributed by atoms with E-state index >= 15 is 0 Å². The third-order valence-corrected chi connectivity index (χ3v) is 5.10. The summed E-state index contributed by atoms with van der Waals surface area (Å²) >= 11 is 5.27. The Hall–Kier alpha value is -0.390. The second kappa shape index (κ2) is 25.9. The summed E-state index contributed by atoms with van der Waals surface area (Å²) in [5, 5.41) is 8.47. The van der Waals surface area contributed by atoms with Crippen LogP contribution in [0.25, 0.3) is 0 Å². The van der Waals surface area contributed by atoms with Gasteiger partial charge >= 0.3 is 0 Å². The third-order valence-electron chi connectivity index (χ3n) is 4.75. The van der Waals surface area contributed by atoms with E-state index in [1.165, 1.54) is 51.4 Å². The highest BCUT2D eigenvalue weighted by Gasteiger charge is 2.21. The summed E-state index contributed by atoms with van der Waals surface area (Å²) in [6.45, 7) is 8.22. The molecule has 4 nitrogen and oxygen atoms in total. The SMILES string of the molecule is CCCCC/C=C\CCCO.CCCCC/C=C\CCCOC[C@H]1CO1.ClCC1CO1. The predicted octanol–water partition coefficient (Wildman–Crippen LogP) is 6.84. The molecule has 2 aliphatic rings. The highest BCUT2D eigenvalue weighted by Crippen LogP contribution is 2.09. The predicted molar refractivity (Wildman–Crippen MR) is 133 cm³/mol. The van der Waals surface area contributed by atoms with Gasteiger partial charge < -0.3 is 19.3 Å². The van der Waals surface area contributed by atoms with E-state index in [0.717, 1.165) is 52.1 Å². The standard InChI is InChI=1S/C13H24O2.C10H20O.C3H5ClO/c1-2-3-4-5-6-7-8-9-10-14-11-13-12-15-13;1-2-3-4-5-6-7-8-9-10-11;4-1-3-2-5-3/h6-7,13H,2-5,8-12H2,1H3;6-7,11H,2-5,8-10H2,1H3;3H,1-2H2/b2*7-6-;/t13-;;/m0../s1. The van der Waals surface area contributed by atoms with Crippen molar-refractivity contribution >= 4 is 11.6 Å². The molecular formula is C26H49ClO4. The molecule has 1 N–H and O–H groups in total. The molecule has 0 bridgehead atoms. The van der Waals surface area contributed by atoms with Crippen molar-refractivity contribution in [1.82, 2.24) is 0 Å². The molecule has 0 aromatic carbocycles. The van der Waals surface area contributed by atoms with Gasteiger partial charge in [-0.15, -0.1) is 11.6 Å². The molecule has 0 spiro atoms. The fourth-order valence-corrected chi connectivity index (χ4v) is 2.72. The van der Waals surface area contributed by atoms with E-state index in [0.29, 0.717) is 24.7 Å². The summed E-state index contributed by atoms with van der Waals surface area (Å²) in [5.74, 6) is 0.667. The van der Waals surface area contributed by atoms with E-state index in [2.05, 4.69) is 38.2 Å². The lowest BCUT2D eigenvalue weighted by molar-refractivity contribution is 0.115. The lowest BCUT2D eigenvalue weighted by Gasteiger charge is -1.99. The lowest BCUT2D eigenvalue weighted by Crippen LogP contribution is -2.02. The number of rotatable bonds is 18. The zero-order valence-electron chi connectivity index (χ0n) is 20.2. The van der Waals surface area contributed by atoms with Crippen molar-refractivity contribution in [2.24, 2.45) is 0 Å². The molecule has 2 rings (SSSR count). The highest BCUT2D eigenvalue weighted by molar-refractivity contribution is 6.18. The molecule has 0 aromatic heterocycles. The van der Waals surface area contributed by atoms with Crippen LogP contribution in [0.2, 0.25) is 0 Å². The van der Waals surface area contributed by atoms with Gasteiger partial charge in [-0.25, -0.2) is 0 Å². The fourth-order valence-electron chi connectivity index (χ4n) is 2.54. The Morgan fingerprint density at radius 1 is 0.774 bits per heavy atom. The molecule has 31 heavy (non-hydrogen) atoms. The molecule has 0 radical (unpaired) electrons. The molecule has 0 aromatic rings. The molecule has 184 valence electrons. The van der Waals surface area contributed by atoms with Crippen LogP contribution in [-0.2, 0) is 14.2 Å². The van der Waals surface area contributed by atoms with Crippen LogP contribution in [0.15, 0.2) is 24.3 Å². The number of aliphatic hydroxyl groups is 1. The van der Waals surface area contributed by atoms with E-state index in [9.17, 15) is 0 Å². The van der Waals surface area contributed by atoms with E-state index in [4.69, 9.17) is 30.9 Å². The van der Waals surface area contributed by atoms with Crippen LogP contribution < -0.4 is 0 Å². The van der Waals surface area contributed by atoms with Gasteiger partial charge in [-0.05, 0) is 51.4 Å². The zero-order chi connectivity index (χ0) is 22.8. The lowest BCUT2D eigenvalue weighted by atomic mass is 10.2. The number of epoxide rings is 2. The van der Waals surface area contributed by atoms with E-state index in [-0.39, 0.29) is 0 Å². The summed E-state index contributed by atoms with van der Waals surface area (Å²) in [5.41, 5.74) is 0. The quantitative estimate of drug-likeness (QED) is 0.105. The molecule has 0 amide bonds. The monoisotopic (exact) mass is 460 g/mol. The Balaban J connectivity index is 0.000000489. The van der Waals surface area contributed by atoms with Gasteiger partial charge in [-0.2, -0.15) is 0 Å². The summed E-state index contributed by atoms with van der Waals surface area (Å²) in [6, 6.07) is 0. The molecular weight excluding hydrogens is 412 g/mol. The van der Waals surface area contributed by atoms with E-state index in [1.807, 2.05) is 0 Å². The molecule has 1 unspecified atom stereocenters. The van der Waals surface area contributed by atoms with Crippen molar-refractivity contribution in [3.63, 3.8) is 0 Å². The smallest absolute Gasteiger partial charge is 0.104 e. The van der Waals surface area contributed by atoms with Crippen LogP contribution in [0.5, 0.6) is 0 Å². The highest BCUT2D eigenvalue weighted by atomic mass is 35.5. The molecule has 5 heteroatoms. The summed E-state index contributed by atoms with van der Waals surface area (Å²) < 4.78 is 15.2. The van der Waals surface area contributed by atoms with Crippen molar-refractivity contribution < 1.29 is 19.3 Å². The molecule has 0 aliphatic carbocycles. The molecule has 2 fully saturated rings. The molecule has 2 aliphatic heterocycles. The number of halogens is 1. The van der Waals surface area contributed by atoms with Gasteiger partial charge in [0.15, 0.2) is 0 Å². The Bertz CT molecular complexity index is 393. The van der Waals surface area contributed by atoms with Crippen molar-refractivity contribution in [3.05, 3.63) is 24.3 Å². The molecule has 2 atom stereocenters. The average Bonchev–Trinajstić information content (AvgIpc) is 3.70.